The van der Waals surface area contributed by atoms with E-state index in [0.717, 1.165) is 13.1 Å². The lowest BCUT2D eigenvalue weighted by molar-refractivity contribution is -0.149. The van der Waals surface area contributed by atoms with Gasteiger partial charge >= 0.3 is 0 Å². The van der Waals surface area contributed by atoms with E-state index in [2.05, 4.69) is 15.5 Å². The standard InChI is InChI=1S/C27H38N4O6/c1-3-26-9-10-27(37-26)21(20(26)23(33)29-19-7-5-4-6-8-19)25(35)31(18(2)17-32)22(27)24(34)28-11-12-30-13-15-36-16-14-30/h4-8,18,20-22,32H,3,9-17H2,1-2H3,(H,28,34)(H,29,33)/t18-,20+,21+,22?,26-,27?/m1/s1. The first-order chi connectivity index (χ1) is 17.9. The van der Waals surface area contributed by atoms with Crippen molar-refractivity contribution in [2.24, 2.45) is 11.8 Å². The molecule has 3 N–H and O–H groups in total. The summed E-state index contributed by atoms with van der Waals surface area (Å²) in [5.74, 6) is -2.36. The predicted molar refractivity (Wildman–Crippen MR) is 136 cm³/mol. The Kier molecular flexibility index (Phi) is 7.28. The van der Waals surface area contributed by atoms with Crippen molar-refractivity contribution in [1.82, 2.24) is 15.1 Å². The van der Waals surface area contributed by atoms with Crippen molar-refractivity contribution in [3.63, 3.8) is 0 Å². The van der Waals surface area contributed by atoms with Crippen LogP contribution in [0.15, 0.2) is 30.3 Å². The first-order valence-corrected chi connectivity index (χ1v) is 13.4. The second-order valence-corrected chi connectivity index (χ2v) is 10.7. The Morgan fingerprint density at radius 3 is 2.57 bits per heavy atom. The molecule has 2 unspecified atom stereocenters. The van der Waals surface area contributed by atoms with Crippen molar-refractivity contribution < 1.29 is 29.0 Å². The van der Waals surface area contributed by atoms with E-state index in [1.807, 2.05) is 37.3 Å². The van der Waals surface area contributed by atoms with Gasteiger partial charge in [0.15, 0.2) is 0 Å². The Morgan fingerprint density at radius 2 is 1.89 bits per heavy atom. The fraction of sp³-hybridized carbons (Fsp3) is 0.667. The highest BCUT2D eigenvalue weighted by molar-refractivity contribution is 6.02. The maximum atomic E-state index is 14.0. The number of carbonyl (C=O) groups excluding carboxylic acids is 3. The van der Waals surface area contributed by atoms with Crippen LogP contribution in [0.3, 0.4) is 0 Å². The van der Waals surface area contributed by atoms with Crippen LogP contribution in [-0.4, -0.2) is 102 Å². The molecule has 0 aromatic heterocycles. The highest BCUT2D eigenvalue weighted by Crippen LogP contribution is 2.64. The zero-order chi connectivity index (χ0) is 26.2. The van der Waals surface area contributed by atoms with Gasteiger partial charge in [-0.1, -0.05) is 25.1 Å². The quantitative estimate of drug-likeness (QED) is 0.442. The third kappa shape index (κ3) is 4.33. The molecule has 0 aliphatic carbocycles. The number of rotatable bonds is 9. The maximum Gasteiger partial charge on any atom is 0.245 e. The summed E-state index contributed by atoms with van der Waals surface area (Å²) in [5.41, 5.74) is -1.25. The monoisotopic (exact) mass is 514 g/mol. The summed E-state index contributed by atoms with van der Waals surface area (Å²) < 4.78 is 12.1. The van der Waals surface area contributed by atoms with E-state index in [-0.39, 0.29) is 24.3 Å². The van der Waals surface area contributed by atoms with Gasteiger partial charge in [0, 0.05) is 31.9 Å². The molecule has 1 aromatic carbocycles. The first kappa shape index (κ1) is 26.1. The van der Waals surface area contributed by atoms with E-state index in [4.69, 9.17) is 9.47 Å². The summed E-state index contributed by atoms with van der Waals surface area (Å²) in [6.07, 6.45) is 1.67. The highest BCUT2D eigenvalue weighted by atomic mass is 16.5. The van der Waals surface area contributed by atoms with Crippen LogP contribution in [0.5, 0.6) is 0 Å². The molecule has 1 spiro atoms. The molecule has 10 nitrogen and oxygen atoms in total. The van der Waals surface area contributed by atoms with Gasteiger partial charge in [0.05, 0.1) is 43.3 Å². The third-order valence-corrected chi connectivity index (χ3v) is 8.76. The lowest BCUT2D eigenvalue weighted by Crippen LogP contribution is -2.58. The van der Waals surface area contributed by atoms with E-state index in [9.17, 15) is 19.5 Å². The van der Waals surface area contributed by atoms with E-state index in [0.29, 0.717) is 51.3 Å². The smallest absolute Gasteiger partial charge is 0.245 e. The van der Waals surface area contributed by atoms with Crippen molar-refractivity contribution >= 4 is 23.4 Å². The molecule has 5 rings (SSSR count). The molecule has 2 bridgehead atoms. The Labute approximate surface area is 217 Å². The van der Waals surface area contributed by atoms with E-state index in [1.165, 1.54) is 4.90 Å². The van der Waals surface area contributed by atoms with Gasteiger partial charge in [-0.15, -0.1) is 0 Å². The number of carbonyl (C=O) groups is 3. The SMILES string of the molecule is CC[C@]12CCC3(O1)C(C(=O)NCCN1CCOCC1)N([C@H](C)CO)C(=O)[C@@H]3[C@H]2C(=O)Nc1ccccc1. The fourth-order valence-corrected chi connectivity index (χ4v) is 6.92. The number of benzene rings is 1. The van der Waals surface area contributed by atoms with Gasteiger partial charge in [0.25, 0.3) is 0 Å². The topological polar surface area (TPSA) is 120 Å². The number of morpholine rings is 1. The number of hydrogen-bond donors (Lipinski definition) is 3. The van der Waals surface area contributed by atoms with Crippen LogP contribution >= 0.6 is 0 Å². The third-order valence-electron chi connectivity index (χ3n) is 8.76. The van der Waals surface area contributed by atoms with E-state index < -0.39 is 35.1 Å². The van der Waals surface area contributed by atoms with E-state index >= 15 is 0 Å². The fourth-order valence-electron chi connectivity index (χ4n) is 6.92. The molecule has 4 aliphatic rings. The predicted octanol–water partition coefficient (Wildman–Crippen LogP) is 0.609. The molecule has 4 fully saturated rings. The summed E-state index contributed by atoms with van der Waals surface area (Å²) in [6, 6.07) is 7.68. The molecule has 3 amide bonds. The number of amides is 3. The molecule has 202 valence electrons. The minimum Gasteiger partial charge on any atom is -0.394 e. The van der Waals surface area contributed by atoms with Crippen molar-refractivity contribution in [1.29, 1.82) is 0 Å². The van der Waals surface area contributed by atoms with Crippen LogP contribution < -0.4 is 10.6 Å². The van der Waals surface area contributed by atoms with E-state index in [1.54, 1.807) is 6.92 Å². The molecule has 4 heterocycles. The normalized spacial score (nSPS) is 33.9. The summed E-state index contributed by atoms with van der Waals surface area (Å²) >= 11 is 0. The summed E-state index contributed by atoms with van der Waals surface area (Å²) in [6.45, 7) is 7.52. The van der Waals surface area contributed by atoms with Gasteiger partial charge < -0.3 is 30.1 Å². The number of likely N-dealkylation sites (tertiary alicyclic amines) is 1. The summed E-state index contributed by atoms with van der Waals surface area (Å²) in [4.78, 5) is 45.1. The van der Waals surface area contributed by atoms with Crippen LogP contribution in [0.25, 0.3) is 0 Å². The molecule has 1 aromatic rings. The highest BCUT2D eigenvalue weighted by Gasteiger charge is 2.78. The van der Waals surface area contributed by atoms with Gasteiger partial charge in [-0.05, 0) is 38.3 Å². The molecule has 4 aliphatic heterocycles. The molecule has 0 saturated carbocycles. The number of fused-ring (bicyclic) bond motifs is 1. The minimum absolute atomic E-state index is 0.266. The summed E-state index contributed by atoms with van der Waals surface area (Å²) in [5, 5.41) is 16.0. The number of aliphatic hydroxyl groups is 1. The molecule has 4 saturated heterocycles. The molecular formula is C27H38N4O6. The average molecular weight is 515 g/mol. The number of hydrogen-bond acceptors (Lipinski definition) is 7. The molecule has 37 heavy (non-hydrogen) atoms. The Bertz CT molecular complexity index is 1020. The zero-order valence-electron chi connectivity index (χ0n) is 21.7. The van der Waals surface area contributed by atoms with Crippen LogP contribution in [0, 0.1) is 11.8 Å². The largest absolute Gasteiger partial charge is 0.394 e. The van der Waals surface area contributed by atoms with Crippen molar-refractivity contribution in [2.75, 3.05) is 51.3 Å². The molecule has 10 heteroatoms. The number of nitrogens with zero attached hydrogens (tertiary/aromatic N) is 2. The van der Waals surface area contributed by atoms with Crippen molar-refractivity contribution in [3.8, 4) is 0 Å². The second kappa shape index (κ2) is 10.3. The zero-order valence-corrected chi connectivity index (χ0v) is 21.7. The van der Waals surface area contributed by atoms with Gasteiger partial charge in [-0.2, -0.15) is 0 Å². The first-order valence-electron chi connectivity index (χ1n) is 13.4. The van der Waals surface area contributed by atoms with Gasteiger partial charge in [-0.3, -0.25) is 19.3 Å². The van der Waals surface area contributed by atoms with Crippen LogP contribution in [0.2, 0.25) is 0 Å². The molecular weight excluding hydrogens is 476 g/mol. The van der Waals surface area contributed by atoms with Gasteiger partial charge in [0.1, 0.15) is 11.6 Å². The lowest BCUT2D eigenvalue weighted by Gasteiger charge is -2.36. The molecule has 0 radical (unpaired) electrons. The second-order valence-electron chi connectivity index (χ2n) is 10.7. The summed E-state index contributed by atoms with van der Waals surface area (Å²) in [7, 11) is 0. The number of anilines is 1. The van der Waals surface area contributed by atoms with Gasteiger partial charge in [0.2, 0.25) is 17.7 Å². The average Bonchev–Trinajstić information content (AvgIpc) is 3.53. The maximum absolute atomic E-state index is 14.0. The number of ether oxygens (including phenoxy) is 2. The van der Waals surface area contributed by atoms with Crippen LogP contribution in [0.4, 0.5) is 5.69 Å². The number of para-hydroxylation sites is 1. The molecule has 6 atom stereocenters. The Balaban J connectivity index is 1.42. The van der Waals surface area contributed by atoms with Gasteiger partial charge in [-0.25, -0.2) is 0 Å². The minimum atomic E-state index is -1.10. The Morgan fingerprint density at radius 1 is 1.16 bits per heavy atom. The van der Waals surface area contributed by atoms with Crippen LogP contribution in [0.1, 0.15) is 33.1 Å². The van der Waals surface area contributed by atoms with Crippen molar-refractivity contribution in [3.05, 3.63) is 30.3 Å². The number of nitrogens with one attached hydrogen (secondary N) is 2. The van der Waals surface area contributed by atoms with Crippen molar-refractivity contribution in [2.45, 2.75) is 56.4 Å². The lowest BCUT2D eigenvalue weighted by atomic mass is 9.65. The van der Waals surface area contributed by atoms with Crippen LogP contribution in [-0.2, 0) is 23.9 Å². The Hall–Kier alpha value is -2.53. The number of aliphatic hydroxyl groups excluding tert-OH is 1.